The number of ether oxygens (including phenoxy) is 3. The number of aromatic nitrogens is 9. The van der Waals surface area contributed by atoms with Gasteiger partial charge in [0.25, 0.3) is 0 Å². The monoisotopic (exact) mass is 1260 g/mol. The average Bonchev–Trinajstić information content (AvgIpc) is 1.52. The fraction of sp³-hybridized carbons (Fsp3) is 0.0706. The normalized spacial score (nSPS) is 12.9. The molecule has 3 aliphatic rings. The summed E-state index contributed by atoms with van der Waals surface area (Å²) >= 11 is 0. The molecule has 0 amide bonds. The predicted molar refractivity (Wildman–Crippen MR) is 390 cm³/mol. The van der Waals surface area contributed by atoms with Gasteiger partial charge in [0.1, 0.15) is 39.7 Å². The molecule has 0 radical (unpaired) electrons. The lowest BCUT2D eigenvalue weighted by atomic mass is 9.97. The van der Waals surface area contributed by atoms with Gasteiger partial charge >= 0.3 is 0 Å². The summed E-state index contributed by atoms with van der Waals surface area (Å²) in [4.78, 5) is 24.8. The van der Waals surface area contributed by atoms with E-state index in [1.807, 2.05) is 127 Å². The Morgan fingerprint density at radius 3 is 1.39 bits per heavy atom. The highest BCUT2D eigenvalue weighted by molar-refractivity contribution is 6.01. The van der Waals surface area contributed by atoms with Gasteiger partial charge in [-0.25, -0.2) is 24.9 Å². The maximum atomic E-state index is 8.26. The van der Waals surface area contributed by atoms with Crippen molar-refractivity contribution in [1.29, 1.82) is 0 Å². The van der Waals surface area contributed by atoms with E-state index in [2.05, 4.69) is 148 Å². The van der Waals surface area contributed by atoms with Gasteiger partial charge in [0.15, 0.2) is 40.3 Å². The van der Waals surface area contributed by atoms with Crippen LogP contribution in [-0.2, 0) is 19.3 Å². The summed E-state index contributed by atoms with van der Waals surface area (Å²) in [7, 11) is 0. The number of para-hydroxylation sites is 9. The van der Waals surface area contributed by atoms with Crippen molar-refractivity contribution in [2.75, 3.05) is 0 Å². The first-order valence-electron chi connectivity index (χ1n) is 35.2. The largest absolute Gasteiger partial charge is 0.452 e. The standard InChI is InChI=1S/C33H24N2O.C29H19N5O.C23H18N2O/c1-2-31-34-28-21-20-27(33-32(28)35(31)29-10-6-7-11-30(29)36-33)26-18-16-25(17-19-26)24-14-12-23(13-15-24)22-8-4-3-5-9-22;1-2-25-30-21-16-15-18(27-26(21)33(25)23-13-7-8-14-24(23)35-27)29-31-19-10-4-3-9-17(19)28-32-20-11-5-6-12-22(20)34(28)29;1-2-21-24-18-15-14-17(13-12-16-8-4-3-5-9-16)23-22(18)25(21)19-10-6-7-11-20(19)26-23/h3-21H,2H2,1H3;3-16H,2H2,1H3;3-15H,2H2,1H3/b;;13-12+/i3D,4D,5D,8D,9D;;. The van der Waals surface area contributed by atoms with Crippen LogP contribution < -0.4 is 14.2 Å². The second-order valence-corrected chi connectivity index (χ2v) is 23.9. The van der Waals surface area contributed by atoms with E-state index >= 15 is 0 Å². The van der Waals surface area contributed by atoms with Gasteiger partial charge in [0.2, 0.25) is 0 Å². The molecule has 0 spiro atoms. The number of hydrogen-bond acceptors (Lipinski definition) is 8. The molecule has 0 bridgehead atoms. The van der Waals surface area contributed by atoms with Gasteiger partial charge in [-0.1, -0.05) is 203 Å². The Balaban J connectivity index is 0.000000112. The molecule has 5 aromatic heterocycles. The first-order valence-corrected chi connectivity index (χ1v) is 32.7. The Morgan fingerprint density at radius 2 is 0.814 bits per heavy atom. The minimum atomic E-state index is -0.390. The van der Waals surface area contributed by atoms with Gasteiger partial charge in [-0.2, -0.15) is 0 Å². The molecule has 0 saturated heterocycles. The van der Waals surface area contributed by atoms with Crippen LogP contribution in [0.15, 0.2) is 267 Å². The molecule has 97 heavy (non-hydrogen) atoms. The SMILES string of the molecule is CCc1nc2ccc(-c3nc4ccccc4c4nc5ccccc5n34)c3c2n1-c1ccccc1O3.CCc1nc2ccc(/C=C/c3ccccc3)c3c2n1-c1ccccc1O3.[2H]c1c([2H])c([2H])c(-c2ccc(-c3ccc(-c4ccc5nc(CC)n6c5c4Oc4ccccc4-6)cc3)cc2)c([2H])c1[2H]. The van der Waals surface area contributed by atoms with E-state index in [-0.39, 0.29) is 29.7 Å². The van der Waals surface area contributed by atoms with Crippen LogP contribution >= 0.6 is 0 Å². The second kappa shape index (κ2) is 23.4. The van der Waals surface area contributed by atoms with Crippen LogP contribution in [0.4, 0.5) is 0 Å². The summed E-state index contributed by atoms with van der Waals surface area (Å²) < 4.78 is 68.5. The summed E-state index contributed by atoms with van der Waals surface area (Å²) in [5.41, 5.74) is 20.5. The van der Waals surface area contributed by atoms with E-state index in [4.69, 9.17) is 46.0 Å². The summed E-state index contributed by atoms with van der Waals surface area (Å²) in [6.07, 6.45) is 6.73. The van der Waals surface area contributed by atoms with Gasteiger partial charge < -0.3 is 14.2 Å². The summed E-state index contributed by atoms with van der Waals surface area (Å²) in [5.74, 6) is 8.80. The maximum absolute atomic E-state index is 8.26. The smallest absolute Gasteiger partial charge is 0.164 e. The Hall–Kier alpha value is -12.7. The van der Waals surface area contributed by atoms with Crippen molar-refractivity contribution >= 4 is 72.8 Å². The topological polar surface area (TPSA) is 111 Å². The first kappa shape index (κ1) is 51.8. The molecular formula is C85H61N9O3. The van der Waals surface area contributed by atoms with Crippen molar-refractivity contribution in [2.24, 2.45) is 0 Å². The molecule has 0 N–H and O–H groups in total. The molecule has 0 atom stereocenters. The van der Waals surface area contributed by atoms with Crippen LogP contribution in [0.25, 0.3) is 135 Å². The molecule has 12 aromatic carbocycles. The van der Waals surface area contributed by atoms with Gasteiger partial charge in [-0.3, -0.25) is 18.1 Å². The number of nitrogens with zero attached hydrogens (tertiary/aromatic N) is 9. The van der Waals surface area contributed by atoms with Crippen molar-refractivity contribution < 1.29 is 21.1 Å². The quantitative estimate of drug-likeness (QED) is 0.131. The Labute approximate surface area is 565 Å². The number of fused-ring (bicyclic) bond motifs is 11. The predicted octanol–water partition coefficient (Wildman–Crippen LogP) is 21.3. The number of hydrogen-bond donors (Lipinski definition) is 0. The van der Waals surface area contributed by atoms with E-state index in [9.17, 15) is 0 Å². The number of rotatable bonds is 9. The van der Waals surface area contributed by atoms with Crippen molar-refractivity contribution in [3.8, 4) is 96.3 Å². The highest BCUT2D eigenvalue weighted by Crippen LogP contribution is 2.50. The van der Waals surface area contributed by atoms with Gasteiger partial charge in [0.05, 0.1) is 62.6 Å². The van der Waals surface area contributed by atoms with E-state index in [1.54, 1.807) is 12.1 Å². The molecule has 17 aromatic rings. The number of benzene rings is 12. The Morgan fingerprint density at radius 1 is 0.361 bits per heavy atom. The minimum absolute atomic E-state index is 0.203. The molecule has 0 aliphatic carbocycles. The molecular weight excluding hydrogens is 1190 g/mol. The van der Waals surface area contributed by atoms with Crippen LogP contribution in [0.2, 0.25) is 0 Å². The molecule has 12 nitrogen and oxygen atoms in total. The van der Waals surface area contributed by atoms with Gasteiger partial charge in [0, 0.05) is 35.8 Å². The maximum Gasteiger partial charge on any atom is 0.164 e. The van der Waals surface area contributed by atoms with E-state index in [0.717, 1.165) is 188 Å². The minimum Gasteiger partial charge on any atom is -0.452 e. The zero-order valence-corrected chi connectivity index (χ0v) is 53.0. The highest BCUT2D eigenvalue weighted by atomic mass is 16.5. The fourth-order valence-corrected chi connectivity index (χ4v) is 13.8. The summed E-state index contributed by atoms with van der Waals surface area (Å²) in [5, 5.41) is 1.02. The zero-order valence-electron chi connectivity index (χ0n) is 58.0. The zero-order chi connectivity index (χ0) is 69.0. The van der Waals surface area contributed by atoms with Gasteiger partial charge in [-0.05, 0) is 130 Å². The van der Waals surface area contributed by atoms with Crippen LogP contribution in [0, 0.1) is 0 Å². The Bertz CT molecular complexity index is 6290. The van der Waals surface area contributed by atoms with Crippen LogP contribution in [0.3, 0.4) is 0 Å². The number of imidazole rings is 4. The lowest BCUT2D eigenvalue weighted by molar-refractivity contribution is 0.473. The molecule has 12 heteroatoms. The third kappa shape index (κ3) is 9.54. The second-order valence-electron chi connectivity index (χ2n) is 23.9. The van der Waals surface area contributed by atoms with Gasteiger partial charge in [-0.15, -0.1) is 0 Å². The van der Waals surface area contributed by atoms with Crippen molar-refractivity contribution in [2.45, 2.75) is 40.0 Å². The summed E-state index contributed by atoms with van der Waals surface area (Å²) in [6, 6.07) is 77.6. The van der Waals surface area contributed by atoms with Crippen LogP contribution in [0.1, 0.15) is 56.2 Å². The van der Waals surface area contributed by atoms with Crippen molar-refractivity contribution in [3.63, 3.8) is 0 Å². The molecule has 464 valence electrons. The van der Waals surface area contributed by atoms with Crippen LogP contribution in [0.5, 0.6) is 34.5 Å². The van der Waals surface area contributed by atoms with E-state index < -0.39 is 6.04 Å². The third-order valence-corrected chi connectivity index (χ3v) is 18.3. The fourth-order valence-electron chi connectivity index (χ4n) is 13.8. The molecule has 0 unspecified atom stereocenters. The van der Waals surface area contributed by atoms with E-state index in [0.29, 0.717) is 5.56 Å². The lowest BCUT2D eigenvalue weighted by Gasteiger charge is -2.23. The molecule has 0 fully saturated rings. The molecule has 0 saturated carbocycles. The molecule has 3 aliphatic heterocycles. The third-order valence-electron chi connectivity index (χ3n) is 18.3. The van der Waals surface area contributed by atoms with Crippen molar-refractivity contribution in [3.05, 3.63) is 295 Å². The lowest BCUT2D eigenvalue weighted by Crippen LogP contribution is -2.08. The van der Waals surface area contributed by atoms with Crippen LogP contribution in [-0.4, -0.2) is 43.0 Å². The van der Waals surface area contributed by atoms with Crippen molar-refractivity contribution in [1.82, 2.24) is 43.0 Å². The molecule has 8 heterocycles. The molecule has 20 rings (SSSR count). The highest BCUT2D eigenvalue weighted by Gasteiger charge is 2.31. The first-order chi connectivity index (χ1) is 50.0. The summed E-state index contributed by atoms with van der Waals surface area (Å²) in [6.45, 7) is 6.38. The Kier molecular flexibility index (Phi) is 12.5. The average molecular weight is 1260 g/mol. The number of aryl methyl sites for hydroxylation is 3. The van der Waals surface area contributed by atoms with E-state index in [1.165, 1.54) is 5.56 Å².